The highest BCUT2D eigenvalue weighted by molar-refractivity contribution is 6.00. The topological polar surface area (TPSA) is 99.3 Å². The Morgan fingerprint density at radius 1 is 1.24 bits per heavy atom. The summed E-state index contributed by atoms with van der Waals surface area (Å²) in [6, 6.07) is 6.86. The van der Waals surface area contributed by atoms with Crippen molar-refractivity contribution in [2.45, 2.75) is 24.8 Å². The molecule has 0 saturated heterocycles. The SMILES string of the molecule is O=C(NC1(C(=O)O)CCC1)c1c[nH]c2ccccc2c1=O. The molecule has 3 rings (SSSR count). The van der Waals surface area contributed by atoms with E-state index < -0.39 is 22.8 Å². The number of nitrogens with one attached hydrogen (secondary N) is 2. The summed E-state index contributed by atoms with van der Waals surface area (Å²) in [4.78, 5) is 38.7. The largest absolute Gasteiger partial charge is 0.480 e. The number of carboxylic acid groups (broad SMARTS) is 1. The lowest BCUT2D eigenvalue weighted by molar-refractivity contribution is -0.148. The number of H-pyrrole nitrogens is 1. The van der Waals surface area contributed by atoms with Crippen LogP contribution in [0.4, 0.5) is 0 Å². The molecule has 1 aromatic heterocycles. The number of carbonyl (C=O) groups is 2. The van der Waals surface area contributed by atoms with E-state index in [0.29, 0.717) is 23.7 Å². The fourth-order valence-electron chi connectivity index (χ4n) is 2.54. The molecule has 1 aromatic carbocycles. The summed E-state index contributed by atoms with van der Waals surface area (Å²) in [6.07, 6.45) is 2.86. The maximum Gasteiger partial charge on any atom is 0.329 e. The lowest BCUT2D eigenvalue weighted by Gasteiger charge is -2.38. The molecule has 3 N–H and O–H groups in total. The summed E-state index contributed by atoms with van der Waals surface area (Å²) in [5.41, 5.74) is -1.06. The fraction of sp³-hybridized carbons (Fsp3) is 0.267. The number of para-hydroxylation sites is 1. The predicted molar refractivity (Wildman–Crippen MR) is 76.3 cm³/mol. The van der Waals surface area contributed by atoms with Gasteiger partial charge in [-0.1, -0.05) is 12.1 Å². The van der Waals surface area contributed by atoms with Gasteiger partial charge in [-0.05, 0) is 31.4 Å². The predicted octanol–water partition coefficient (Wildman–Crippen LogP) is 1.27. The average Bonchev–Trinajstić information content (AvgIpc) is 2.43. The highest BCUT2D eigenvalue weighted by Gasteiger charge is 2.46. The van der Waals surface area contributed by atoms with Crippen LogP contribution in [0.2, 0.25) is 0 Å². The Morgan fingerprint density at radius 3 is 2.57 bits per heavy atom. The van der Waals surface area contributed by atoms with Gasteiger partial charge in [-0.15, -0.1) is 0 Å². The Hall–Kier alpha value is -2.63. The van der Waals surface area contributed by atoms with E-state index in [2.05, 4.69) is 10.3 Å². The molecule has 1 fully saturated rings. The van der Waals surface area contributed by atoms with Crippen LogP contribution in [0.3, 0.4) is 0 Å². The molecule has 21 heavy (non-hydrogen) atoms. The molecule has 1 amide bonds. The van der Waals surface area contributed by atoms with Crippen molar-refractivity contribution in [1.82, 2.24) is 10.3 Å². The van der Waals surface area contributed by atoms with Gasteiger partial charge >= 0.3 is 5.97 Å². The summed E-state index contributed by atoms with van der Waals surface area (Å²) in [7, 11) is 0. The van der Waals surface area contributed by atoms with E-state index in [0.717, 1.165) is 6.42 Å². The van der Waals surface area contributed by atoms with Gasteiger partial charge in [-0.3, -0.25) is 9.59 Å². The van der Waals surface area contributed by atoms with Gasteiger partial charge in [-0.25, -0.2) is 4.79 Å². The normalized spacial score (nSPS) is 16.2. The Morgan fingerprint density at radius 2 is 1.95 bits per heavy atom. The minimum absolute atomic E-state index is 0.0683. The zero-order valence-electron chi connectivity index (χ0n) is 11.2. The maximum absolute atomic E-state index is 12.3. The van der Waals surface area contributed by atoms with Crippen molar-refractivity contribution < 1.29 is 14.7 Å². The van der Waals surface area contributed by atoms with Crippen LogP contribution in [-0.4, -0.2) is 27.5 Å². The van der Waals surface area contributed by atoms with E-state index in [1.54, 1.807) is 24.3 Å². The van der Waals surface area contributed by atoms with Crippen LogP contribution in [0.15, 0.2) is 35.3 Å². The number of hydrogen-bond acceptors (Lipinski definition) is 3. The van der Waals surface area contributed by atoms with E-state index in [1.807, 2.05) is 0 Å². The quantitative estimate of drug-likeness (QED) is 0.791. The molecule has 108 valence electrons. The summed E-state index contributed by atoms with van der Waals surface area (Å²) in [6.45, 7) is 0. The number of hydrogen-bond donors (Lipinski definition) is 3. The van der Waals surface area contributed by atoms with E-state index >= 15 is 0 Å². The summed E-state index contributed by atoms with van der Waals surface area (Å²) in [5, 5.41) is 12.1. The first-order valence-corrected chi connectivity index (χ1v) is 6.70. The van der Waals surface area contributed by atoms with Gasteiger partial charge in [0.05, 0.1) is 0 Å². The number of carbonyl (C=O) groups excluding carboxylic acids is 1. The third kappa shape index (κ3) is 2.08. The Bertz CT molecular complexity index is 790. The number of aromatic nitrogens is 1. The van der Waals surface area contributed by atoms with Crippen LogP contribution in [0, 0.1) is 0 Å². The number of fused-ring (bicyclic) bond motifs is 1. The molecule has 0 spiro atoms. The molecule has 1 aliphatic rings. The van der Waals surface area contributed by atoms with Gasteiger partial charge in [0.25, 0.3) is 5.91 Å². The lowest BCUT2D eigenvalue weighted by Crippen LogP contribution is -2.59. The smallest absolute Gasteiger partial charge is 0.329 e. The molecule has 6 heteroatoms. The maximum atomic E-state index is 12.3. The summed E-state index contributed by atoms with van der Waals surface area (Å²) >= 11 is 0. The zero-order chi connectivity index (χ0) is 15.0. The lowest BCUT2D eigenvalue weighted by atomic mass is 9.76. The van der Waals surface area contributed by atoms with Crippen LogP contribution < -0.4 is 10.7 Å². The second-order valence-corrected chi connectivity index (χ2v) is 5.27. The van der Waals surface area contributed by atoms with E-state index in [4.69, 9.17) is 0 Å². The highest BCUT2D eigenvalue weighted by atomic mass is 16.4. The van der Waals surface area contributed by atoms with E-state index in [1.165, 1.54) is 6.20 Å². The molecular weight excluding hydrogens is 272 g/mol. The van der Waals surface area contributed by atoms with Crippen molar-refractivity contribution in [1.29, 1.82) is 0 Å². The van der Waals surface area contributed by atoms with Crippen LogP contribution in [0.25, 0.3) is 10.9 Å². The number of pyridine rings is 1. The van der Waals surface area contributed by atoms with Gasteiger partial charge < -0.3 is 15.4 Å². The molecule has 1 saturated carbocycles. The molecule has 6 nitrogen and oxygen atoms in total. The molecule has 0 atom stereocenters. The zero-order valence-corrected chi connectivity index (χ0v) is 11.2. The first kappa shape index (κ1) is 13.4. The van der Waals surface area contributed by atoms with Crippen LogP contribution >= 0.6 is 0 Å². The van der Waals surface area contributed by atoms with Crippen molar-refractivity contribution in [2.24, 2.45) is 0 Å². The van der Waals surface area contributed by atoms with Crippen LogP contribution in [0.5, 0.6) is 0 Å². The van der Waals surface area contributed by atoms with Crippen molar-refractivity contribution in [3.05, 3.63) is 46.2 Å². The number of aliphatic carboxylic acids is 1. The monoisotopic (exact) mass is 286 g/mol. The minimum Gasteiger partial charge on any atom is -0.480 e. The fourth-order valence-corrected chi connectivity index (χ4v) is 2.54. The van der Waals surface area contributed by atoms with E-state index in [-0.39, 0.29) is 5.56 Å². The van der Waals surface area contributed by atoms with Crippen LogP contribution in [-0.2, 0) is 4.79 Å². The molecule has 2 aromatic rings. The van der Waals surface area contributed by atoms with Crippen molar-refractivity contribution in [3.8, 4) is 0 Å². The molecule has 1 aliphatic carbocycles. The molecule has 1 heterocycles. The summed E-state index contributed by atoms with van der Waals surface area (Å²) < 4.78 is 0. The third-order valence-electron chi connectivity index (χ3n) is 4.00. The Kier molecular flexibility index (Phi) is 3.01. The van der Waals surface area contributed by atoms with Gasteiger partial charge in [0.2, 0.25) is 5.43 Å². The van der Waals surface area contributed by atoms with Crippen molar-refractivity contribution in [2.75, 3.05) is 0 Å². The van der Waals surface area contributed by atoms with E-state index in [9.17, 15) is 19.5 Å². The minimum atomic E-state index is -1.23. The average molecular weight is 286 g/mol. The molecule has 0 unspecified atom stereocenters. The molecule has 0 aliphatic heterocycles. The molecule has 0 radical (unpaired) electrons. The number of amides is 1. The number of benzene rings is 1. The Balaban J connectivity index is 1.97. The van der Waals surface area contributed by atoms with Gasteiger partial charge in [0.15, 0.2) is 0 Å². The first-order valence-electron chi connectivity index (χ1n) is 6.70. The molecular formula is C15H14N2O4. The van der Waals surface area contributed by atoms with Crippen LogP contribution in [0.1, 0.15) is 29.6 Å². The number of rotatable bonds is 3. The van der Waals surface area contributed by atoms with Gasteiger partial charge in [-0.2, -0.15) is 0 Å². The van der Waals surface area contributed by atoms with Crippen molar-refractivity contribution in [3.63, 3.8) is 0 Å². The third-order valence-corrected chi connectivity index (χ3v) is 4.00. The van der Waals surface area contributed by atoms with Gasteiger partial charge in [0.1, 0.15) is 11.1 Å². The summed E-state index contributed by atoms with van der Waals surface area (Å²) in [5.74, 6) is -1.71. The number of aromatic amines is 1. The standard InChI is InChI=1S/C15H14N2O4/c18-12-9-4-1-2-5-11(9)16-8-10(12)13(19)17-15(14(20)21)6-3-7-15/h1-2,4-5,8H,3,6-7H2,(H,16,18)(H,17,19)(H,20,21). The Labute approximate surface area is 119 Å². The van der Waals surface area contributed by atoms with Gasteiger partial charge in [0, 0.05) is 17.1 Å². The molecule has 0 bridgehead atoms. The number of carboxylic acids is 1. The second-order valence-electron chi connectivity index (χ2n) is 5.27. The first-order chi connectivity index (χ1) is 10.0. The second kappa shape index (κ2) is 4.73. The van der Waals surface area contributed by atoms with Crippen molar-refractivity contribution >= 4 is 22.8 Å². The highest BCUT2D eigenvalue weighted by Crippen LogP contribution is 2.32.